The van der Waals surface area contributed by atoms with Gasteiger partial charge in [0.15, 0.2) is 0 Å². The second-order valence-corrected chi connectivity index (χ2v) is 4.15. The molecule has 0 aliphatic heterocycles. The summed E-state index contributed by atoms with van der Waals surface area (Å²) in [7, 11) is 0. The first-order chi connectivity index (χ1) is 6.18. The van der Waals surface area contributed by atoms with Crippen molar-refractivity contribution in [1.29, 1.82) is 0 Å². The molecule has 1 atom stereocenters. The fourth-order valence-corrected chi connectivity index (χ4v) is 1.45. The highest BCUT2D eigenvalue weighted by Gasteiger charge is 2.19. The lowest BCUT2D eigenvalue weighted by molar-refractivity contribution is 0.328. The Bertz CT molecular complexity index is 115. The Morgan fingerprint density at radius 2 is 1.85 bits per heavy atom. The van der Waals surface area contributed by atoms with E-state index in [9.17, 15) is 0 Å². The van der Waals surface area contributed by atoms with Crippen LogP contribution in [0, 0.1) is 0 Å². The maximum Gasteiger partial charge on any atom is 0.0275 e. The Balaban J connectivity index is 3.67. The van der Waals surface area contributed by atoms with E-state index in [4.69, 9.17) is 5.73 Å². The molecule has 0 aromatic rings. The molecule has 2 nitrogen and oxygen atoms in total. The van der Waals surface area contributed by atoms with E-state index < -0.39 is 0 Å². The Hall–Kier alpha value is -0.0800. The minimum Gasteiger partial charge on any atom is -0.329 e. The van der Waals surface area contributed by atoms with Crippen molar-refractivity contribution in [2.45, 2.75) is 58.4 Å². The van der Waals surface area contributed by atoms with Gasteiger partial charge in [-0.25, -0.2) is 0 Å². The molecule has 0 saturated heterocycles. The minimum absolute atomic E-state index is 0.172. The predicted octanol–water partition coefficient (Wildman–Crippen LogP) is 2.28. The molecule has 0 aliphatic carbocycles. The lowest BCUT2D eigenvalue weighted by Gasteiger charge is -2.29. The molecule has 0 fully saturated rings. The summed E-state index contributed by atoms with van der Waals surface area (Å²) in [6, 6.07) is 0. The van der Waals surface area contributed by atoms with Gasteiger partial charge in [-0.05, 0) is 26.3 Å². The molecule has 0 aliphatic rings. The summed E-state index contributed by atoms with van der Waals surface area (Å²) in [6.45, 7) is 8.49. The molecule has 13 heavy (non-hydrogen) atoms. The molecule has 0 aromatic heterocycles. The van der Waals surface area contributed by atoms with Crippen molar-refractivity contribution < 1.29 is 0 Å². The summed E-state index contributed by atoms with van der Waals surface area (Å²) in [6.07, 6.45) is 6.29. The van der Waals surface area contributed by atoms with Crippen molar-refractivity contribution in [3.05, 3.63) is 0 Å². The van der Waals surface area contributed by atoms with E-state index in [1.165, 1.54) is 32.1 Å². The van der Waals surface area contributed by atoms with Gasteiger partial charge in [0.05, 0.1) is 0 Å². The van der Waals surface area contributed by atoms with Gasteiger partial charge in [0.1, 0.15) is 0 Å². The molecule has 0 aromatic carbocycles. The number of rotatable bonds is 8. The summed E-state index contributed by atoms with van der Waals surface area (Å²) >= 11 is 0. The maximum absolute atomic E-state index is 5.77. The van der Waals surface area contributed by atoms with Crippen molar-refractivity contribution in [3.63, 3.8) is 0 Å². The van der Waals surface area contributed by atoms with E-state index in [1.807, 2.05) is 0 Å². The fraction of sp³-hybridized carbons (Fsp3) is 1.00. The van der Waals surface area contributed by atoms with Crippen LogP contribution in [0.2, 0.25) is 0 Å². The lowest BCUT2D eigenvalue weighted by atomic mass is 9.94. The Labute approximate surface area is 83.3 Å². The third kappa shape index (κ3) is 6.05. The van der Waals surface area contributed by atoms with Crippen LogP contribution < -0.4 is 11.1 Å². The Morgan fingerprint density at radius 1 is 1.15 bits per heavy atom. The molecule has 0 spiro atoms. The summed E-state index contributed by atoms with van der Waals surface area (Å²) in [4.78, 5) is 0. The number of hydrogen-bond acceptors (Lipinski definition) is 2. The number of unbranched alkanes of at least 4 members (excludes halogenated alkanes) is 2. The van der Waals surface area contributed by atoms with Gasteiger partial charge in [0.2, 0.25) is 0 Å². The first-order valence-electron chi connectivity index (χ1n) is 5.63. The highest BCUT2D eigenvalue weighted by atomic mass is 15.0. The zero-order valence-electron chi connectivity index (χ0n) is 9.53. The van der Waals surface area contributed by atoms with Crippen LogP contribution in [0.5, 0.6) is 0 Å². The van der Waals surface area contributed by atoms with Gasteiger partial charge in [0.25, 0.3) is 0 Å². The van der Waals surface area contributed by atoms with E-state index in [1.54, 1.807) is 0 Å². The third-order valence-electron chi connectivity index (χ3n) is 2.58. The van der Waals surface area contributed by atoms with Crippen molar-refractivity contribution in [2.75, 3.05) is 13.1 Å². The van der Waals surface area contributed by atoms with Crippen LogP contribution in [-0.4, -0.2) is 18.6 Å². The average molecular weight is 186 g/mol. The van der Waals surface area contributed by atoms with Crippen LogP contribution in [0.15, 0.2) is 0 Å². The topological polar surface area (TPSA) is 38.0 Å². The molecule has 0 amide bonds. The second kappa shape index (κ2) is 7.34. The molecular weight excluding hydrogens is 160 g/mol. The first kappa shape index (κ1) is 12.9. The van der Waals surface area contributed by atoms with Crippen LogP contribution in [0.3, 0.4) is 0 Å². The fourth-order valence-electron chi connectivity index (χ4n) is 1.45. The lowest BCUT2D eigenvalue weighted by Crippen LogP contribution is -2.48. The van der Waals surface area contributed by atoms with Crippen molar-refractivity contribution >= 4 is 0 Å². The summed E-state index contributed by atoms with van der Waals surface area (Å²) in [5.74, 6) is 0. The molecule has 0 rings (SSSR count). The third-order valence-corrected chi connectivity index (χ3v) is 2.58. The van der Waals surface area contributed by atoms with E-state index in [-0.39, 0.29) is 5.54 Å². The molecular formula is C11H26N2. The monoisotopic (exact) mass is 186 g/mol. The maximum atomic E-state index is 5.77. The molecule has 0 bridgehead atoms. The van der Waals surface area contributed by atoms with Crippen molar-refractivity contribution in [3.8, 4) is 0 Å². The largest absolute Gasteiger partial charge is 0.329 e. The van der Waals surface area contributed by atoms with Crippen LogP contribution in [0.4, 0.5) is 0 Å². The van der Waals surface area contributed by atoms with Gasteiger partial charge in [-0.1, -0.05) is 33.1 Å². The number of nitrogens with one attached hydrogen (secondary N) is 1. The van der Waals surface area contributed by atoms with Gasteiger partial charge < -0.3 is 11.1 Å². The summed E-state index contributed by atoms with van der Waals surface area (Å²) in [5, 5.41) is 3.53. The average Bonchev–Trinajstić information content (AvgIpc) is 2.15. The molecule has 0 radical (unpaired) electrons. The number of hydrogen-bond donors (Lipinski definition) is 2. The van der Waals surface area contributed by atoms with Gasteiger partial charge in [-0.2, -0.15) is 0 Å². The van der Waals surface area contributed by atoms with Crippen molar-refractivity contribution in [2.24, 2.45) is 5.73 Å². The molecule has 2 heteroatoms. The molecule has 1 unspecified atom stereocenters. The zero-order valence-corrected chi connectivity index (χ0v) is 9.53. The SMILES string of the molecule is CCCCCC(C)(CN)NCCC. The van der Waals surface area contributed by atoms with Crippen LogP contribution >= 0.6 is 0 Å². The summed E-state index contributed by atoms with van der Waals surface area (Å²) in [5.41, 5.74) is 5.94. The normalized spacial score (nSPS) is 15.7. The van der Waals surface area contributed by atoms with Crippen LogP contribution in [-0.2, 0) is 0 Å². The quantitative estimate of drug-likeness (QED) is 0.571. The van der Waals surface area contributed by atoms with Gasteiger partial charge in [0, 0.05) is 12.1 Å². The second-order valence-electron chi connectivity index (χ2n) is 4.15. The molecule has 0 heterocycles. The van der Waals surface area contributed by atoms with E-state index >= 15 is 0 Å². The Kier molecular flexibility index (Phi) is 7.29. The predicted molar refractivity (Wildman–Crippen MR) is 59.9 cm³/mol. The van der Waals surface area contributed by atoms with Gasteiger partial charge in [-0.15, -0.1) is 0 Å². The smallest absolute Gasteiger partial charge is 0.0275 e. The van der Waals surface area contributed by atoms with Gasteiger partial charge in [-0.3, -0.25) is 0 Å². The molecule has 80 valence electrons. The minimum atomic E-state index is 0.172. The van der Waals surface area contributed by atoms with Gasteiger partial charge >= 0.3 is 0 Å². The van der Waals surface area contributed by atoms with Crippen LogP contribution in [0.25, 0.3) is 0 Å². The number of nitrogens with two attached hydrogens (primary N) is 1. The molecule has 0 saturated carbocycles. The van der Waals surface area contributed by atoms with E-state index in [0.717, 1.165) is 13.1 Å². The highest BCUT2D eigenvalue weighted by Crippen LogP contribution is 2.13. The van der Waals surface area contributed by atoms with E-state index in [2.05, 4.69) is 26.1 Å². The van der Waals surface area contributed by atoms with E-state index in [0.29, 0.717) is 0 Å². The summed E-state index contributed by atoms with van der Waals surface area (Å²) < 4.78 is 0. The standard InChI is InChI=1S/C11H26N2/c1-4-6-7-8-11(3,10-12)13-9-5-2/h13H,4-10,12H2,1-3H3. The van der Waals surface area contributed by atoms with Crippen LogP contribution in [0.1, 0.15) is 52.9 Å². The highest BCUT2D eigenvalue weighted by molar-refractivity contribution is 4.83. The first-order valence-corrected chi connectivity index (χ1v) is 5.63. The zero-order chi connectivity index (χ0) is 10.2. The van der Waals surface area contributed by atoms with Crippen molar-refractivity contribution in [1.82, 2.24) is 5.32 Å². The Morgan fingerprint density at radius 3 is 2.31 bits per heavy atom. The molecule has 3 N–H and O–H groups in total.